The van der Waals surface area contributed by atoms with Crippen LogP contribution in [-0.2, 0) is 6.18 Å². The molecule has 2 heterocycles. The number of nitrogens with zero attached hydrogens (tertiary/aromatic N) is 3. The summed E-state index contributed by atoms with van der Waals surface area (Å²) < 4.78 is 38.9. The van der Waals surface area contributed by atoms with Crippen molar-refractivity contribution in [1.29, 1.82) is 0 Å². The summed E-state index contributed by atoms with van der Waals surface area (Å²) in [5.41, 5.74) is -0.673. The number of hydrogen-bond acceptors (Lipinski definition) is 4. The maximum Gasteiger partial charge on any atom is 0.416 e. The summed E-state index contributed by atoms with van der Waals surface area (Å²) in [6.07, 6.45) is -2.36. The third kappa shape index (κ3) is 3.78. The molecule has 0 bridgehead atoms. The number of likely N-dealkylation sites (N-methyl/N-ethyl adjacent to an activating group) is 2. The van der Waals surface area contributed by atoms with E-state index in [1.54, 1.807) is 7.05 Å². The Balaban J connectivity index is 2.29. The van der Waals surface area contributed by atoms with Crippen LogP contribution in [-0.4, -0.2) is 50.2 Å². The van der Waals surface area contributed by atoms with Gasteiger partial charge in [-0.1, -0.05) is 0 Å². The molecule has 0 amide bonds. The Morgan fingerprint density at radius 2 is 2.10 bits per heavy atom. The number of likely N-dealkylation sites (tertiary alicyclic amines) is 1. The Labute approximate surface area is 122 Å². The van der Waals surface area contributed by atoms with Gasteiger partial charge in [-0.25, -0.2) is 4.98 Å². The van der Waals surface area contributed by atoms with Crippen LogP contribution < -0.4 is 10.2 Å². The van der Waals surface area contributed by atoms with E-state index in [0.29, 0.717) is 5.82 Å². The molecule has 7 heteroatoms. The second-order valence-electron chi connectivity index (χ2n) is 5.52. The van der Waals surface area contributed by atoms with Crippen molar-refractivity contribution in [2.24, 2.45) is 0 Å². The van der Waals surface area contributed by atoms with Gasteiger partial charge in [-0.15, -0.1) is 0 Å². The fraction of sp³-hybridized carbons (Fsp3) is 0.643. The van der Waals surface area contributed by atoms with Crippen LogP contribution >= 0.6 is 0 Å². The molecule has 0 aliphatic carbocycles. The molecular formula is C14H21F3N4. The predicted octanol–water partition coefficient (Wildman–Crippen LogP) is 2.67. The maximum atomic E-state index is 13.0. The summed E-state index contributed by atoms with van der Waals surface area (Å²) in [6.45, 7) is 1.87. The van der Waals surface area contributed by atoms with Crippen molar-refractivity contribution in [1.82, 2.24) is 9.88 Å². The minimum Gasteiger partial charge on any atom is -0.373 e. The van der Waals surface area contributed by atoms with E-state index in [2.05, 4.69) is 15.2 Å². The summed E-state index contributed by atoms with van der Waals surface area (Å²) in [4.78, 5) is 8.31. The third-order valence-electron chi connectivity index (χ3n) is 3.90. The number of aromatic nitrogens is 1. The minimum atomic E-state index is -4.37. The Morgan fingerprint density at radius 3 is 2.67 bits per heavy atom. The Bertz CT molecular complexity index is 490. The minimum absolute atomic E-state index is 0.185. The molecule has 1 aliphatic heterocycles. The molecule has 118 valence electrons. The quantitative estimate of drug-likeness (QED) is 0.930. The van der Waals surface area contributed by atoms with E-state index in [0.717, 1.165) is 38.1 Å². The van der Waals surface area contributed by atoms with Gasteiger partial charge >= 0.3 is 6.18 Å². The highest BCUT2D eigenvalue weighted by Crippen LogP contribution is 2.33. The molecule has 1 aromatic rings. The summed E-state index contributed by atoms with van der Waals surface area (Å²) in [6, 6.07) is 2.34. The summed E-state index contributed by atoms with van der Waals surface area (Å²) in [5, 5.41) is 2.70. The van der Waals surface area contributed by atoms with Crippen LogP contribution in [0.25, 0.3) is 0 Å². The second kappa shape index (κ2) is 6.09. The van der Waals surface area contributed by atoms with Crippen LogP contribution in [0.5, 0.6) is 0 Å². The number of nitrogens with one attached hydrogen (secondary N) is 1. The normalized spacial score (nSPS) is 20.4. The van der Waals surface area contributed by atoms with Gasteiger partial charge in [0.1, 0.15) is 11.6 Å². The molecule has 4 nitrogen and oxygen atoms in total. The van der Waals surface area contributed by atoms with Crippen molar-refractivity contribution in [3.63, 3.8) is 0 Å². The summed E-state index contributed by atoms with van der Waals surface area (Å²) in [5.74, 6) is 0.588. The second-order valence-corrected chi connectivity index (χ2v) is 5.52. The summed E-state index contributed by atoms with van der Waals surface area (Å²) in [7, 11) is 5.41. The van der Waals surface area contributed by atoms with Gasteiger partial charge < -0.3 is 15.1 Å². The first-order valence-corrected chi connectivity index (χ1v) is 6.99. The van der Waals surface area contributed by atoms with E-state index in [4.69, 9.17) is 0 Å². The van der Waals surface area contributed by atoms with Gasteiger partial charge in [0.05, 0.1) is 5.56 Å². The van der Waals surface area contributed by atoms with Crippen molar-refractivity contribution in [3.8, 4) is 0 Å². The first-order chi connectivity index (χ1) is 9.81. The van der Waals surface area contributed by atoms with Crippen molar-refractivity contribution in [3.05, 3.63) is 17.7 Å². The molecule has 1 N–H and O–H groups in total. The lowest BCUT2D eigenvalue weighted by atomic mass is 10.0. The molecule has 1 saturated heterocycles. The van der Waals surface area contributed by atoms with Crippen molar-refractivity contribution in [2.45, 2.75) is 25.1 Å². The molecule has 0 spiro atoms. The first-order valence-electron chi connectivity index (χ1n) is 6.99. The van der Waals surface area contributed by atoms with Crippen LogP contribution in [0.4, 0.5) is 24.8 Å². The lowest BCUT2D eigenvalue weighted by molar-refractivity contribution is -0.137. The molecule has 0 saturated carbocycles. The zero-order valence-corrected chi connectivity index (χ0v) is 12.5. The average Bonchev–Trinajstić information content (AvgIpc) is 2.45. The van der Waals surface area contributed by atoms with E-state index >= 15 is 0 Å². The Morgan fingerprint density at radius 1 is 1.38 bits per heavy atom. The fourth-order valence-corrected chi connectivity index (χ4v) is 2.63. The number of hydrogen-bond donors (Lipinski definition) is 1. The van der Waals surface area contributed by atoms with Crippen LogP contribution in [0, 0.1) is 0 Å². The molecule has 1 atom stereocenters. The van der Waals surface area contributed by atoms with Gasteiger partial charge in [-0.3, -0.25) is 0 Å². The van der Waals surface area contributed by atoms with Gasteiger partial charge in [0.15, 0.2) is 0 Å². The van der Waals surface area contributed by atoms with E-state index in [-0.39, 0.29) is 11.9 Å². The van der Waals surface area contributed by atoms with Crippen molar-refractivity contribution in [2.75, 3.05) is 44.4 Å². The van der Waals surface area contributed by atoms with E-state index in [1.807, 2.05) is 19.0 Å². The summed E-state index contributed by atoms with van der Waals surface area (Å²) >= 11 is 0. The first kappa shape index (κ1) is 15.9. The van der Waals surface area contributed by atoms with Gasteiger partial charge in [0.2, 0.25) is 0 Å². The van der Waals surface area contributed by atoms with E-state index in [9.17, 15) is 13.2 Å². The highest BCUT2D eigenvalue weighted by Gasteiger charge is 2.32. The fourth-order valence-electron chi connectivity index (χ4n) is 2.63. The molecule has 1 unspecified atom stereocenters. The molecule has 2 rings (SSSR count). The van der Waals surface area contributed by atoms with Crippen LogP contribution in [0.1, 0.15) is 18.4 Å². The van der Waals surface area contributed by atoms with Crippen LogP contribution in [0.3, 0.4) is 0 Å². The third-order valence-corrected chi connectivity index (χ3v) is 3.90. The molecule has 1 aliphatic rings. The highest BCUT2D eigenvalue weighted by atomic mass is 19.4. The van der Waals surface area contributed by atoms with E-state index < -0.39 is 11.7 Å². The molecule has 1 aromatic heterocycles. The highest BCUT2D eigenvalue weighted by molar-refractivity contribution is 5.51. The molecule has 0 radical (unpaired) electrons. The number of pyridine rings is 1. The SMILES string of the molecule is CNc1cc(C(F)(F)F)cc(N(C)C2CCCN(C)C2)n1. The number of rotatable bonds is 3. The standard InChI is InChI=1S/C14H21F3N4/c1-18-12-7-10(14(15,16)17)8-13(19-12)21(3)11-5-4-6-20(2)9-11/h7-8,11H,4-6,9H2,1-3H3,(H,18,19). The predicted molar refractivity (Wildman–Crippen MR) is 77.7 cm³/mol. The molecular weight excluding hydrogens is 281 g/mol. The average molecular weight is 302 g/mol. The zero-order valence-electron chi connectivity index (χ0n) is 12.5. The molecule has 21 heavy (non-hydrogen) atoms. The number of halogens is 3. The largest absolute Gasteiger partial charge is 0.416 e. The smallest absolute Gasteiger partial charge is 0.373 e. The zero-order chi connectivity index (χ0) is 15.6. The van der Waals surface area contributed by atoms with Gasteiger partial charge in [-0.2, -0.15) is 13.2 Å². The monoisotopic (exact) mass is 302 g/mol. The van der Waals surface area contributed by atoms with Crippen LogP contribution in [0.2, 0.25) is 0 Å². The molecule has 1 fully saturated rings. The van der Waals surface area contributed by atoms with E-state index in [1.165, 1.54) is 0 Å². The maximum absolute atomic E-state index is 13.0. The van der Waals surface area contributed by atoms with Gasteiger partial charge in [0.25, 0.3) is 0 Å². The Hall–Kier alpha value is -1.50. The number of alkyl halides is 3. The van der Waals surface area contributed by atoms with Crippen molar-refractivity contribution >= 4 is 11.6 Å². The molecule has 0 aromatic carbocycles. The topological polar surface area (TPSA) is 31.4 Å². The number of anilines is 2. The lowest BCUT2D eigenvalue weighted by Crippen LogP contribution is -2.45. The Kier molecular flexibility index (Phi) is 4.61. The van der Waals surface area contributed by atoms with Crippen molar-refractivity contribution < 1.29 is 13.2 Å². The number of piperidine rings is 1. The van der Waals surface area contributed by atoms with Gasteiger partial charge in [0, 0.05) is 26.7 Å². The van der Waals surface area contributed by atoms with Crippen LogP contribution in [0.15, 0.2) is 12.1 Å². The van der Waals surface area contributed by atoms with Gasteiger partial charge in [-0.05, 0) is 38.6 Å². The lowest BCUT2D eigenvalue weighted by Gasteiger charge is -2.36.